The van der Waals surface area contributed by atoms with Gasteiger partial charge in [-0.1, -0.05) is 114 Å². The van der Waals surface area contributed by atoms with E-state index in [0.717, 1.165) is 37.9 Å². The average molecular weight is 1750 g/mol. The van der Waals surface area contributed by atoms with E-state index in [0.29, 0.717) is 161 Å². The Morgan fingerprint density at radius 1 is 0.538 bits per heavy atom. The highest BCUT2D eigenvalue weighted by Crippen LogP contribution is 2.57. The number of allylic oxidation sites excluding steroid dienone is 10. The highest BCUT2D eigenvalue weighted by atomic mass is 32.2. The van der Waals surface area contributed by atoms with Crippen molar-refractivity contribution in [3.63, 3.8) is 0 Å². The van der Waals surface area contributed by atoms with E-state index in [1.807, 2.05) is 70.2 Å². The molecule has 6 aliphatic rings. The number of alkyl halides is 8. The van der Waals surface area contributed by atoms with Gasteiger partial charge in [-0.15, -0.1) is 11.8 Å². The maximum absolute atomic E-state index is 14.9. The molecule has 31 heteroatoms. The molecule has 13 atom stereocenters. The maximum atomic E-state index is 14.9. The van der Waals surface area contributed by atoms with Gasteiger partial charge in [0.1, 0.15) is 11.6 Å². The second kappa shape index (κ2) is 57.7. The molecule has 6 rings (SSSR count). The normalized spacial score (nSPS) is 24.7. The smallest absolute Gasteiger partial charge is 0.339 e. The fraction of sp³-hybridized carbons (Fsp3) is 0.773. The predicted molar refractivity (Wildman–Crippen MR) is 439 cm³/mol. The van der Waals surface area contributed by atoms with Gasteiger partial charge >= 0.3 is 47.6 Å². The van der Waals surface area contributed by atoms with E-state index in [2.05, 4.69) is 36.5 Å². The number of carbonyl (C=O) groups excluding carboxylic acids is 10. The van der Waals surface area contributed by atoms with Crippen LogP contribution in [0.1, 0.15) is 285 Å². The summed E-state index contributed by atoms with van der Waals surface area (Å²) in [5, 5.41) is 38.4. The molecule has 0 spiro atoms. The fourth-order valence-electron chi connectivity index (χ4n) is 15.6. The maximum Gasteiger partial charge on any atom is 0.339 e. The van der Waals surface area contributed by atoms with E-state index in [-0.39, 0.29) is 158 Å². The Kier molecular flexibility index (Phi) is 53.0. The van der Waals surface area contributed by atoms with Gasteiger partial charge in [-0.05, 0) is 171 Å². The van der Waals surface area contributed by atoms with Crippen LogP contribution in [0, 0.1) is 47.3 Å². The van der Waals surface area contributed by atoms with Crippen LogP contribution in [0.2, 0.25) is 0 Å². The highest BCUT2D eigenvalue weighted by Gasteiger charge is 2.60. The third-order valence-electron chi connectivity index (χ3n) is 22.8. The van der Waals surface area contributed by atoms with Crippen LogP contribution in [0.25, 0.3) is 0 Å². The first-order chi connectivity index (χ1) is 56.3. The number of aliphatic hydroxyl groups excluding tert-OH is 2. The van der Waals surface area contributed by atoms with Crippen LogP contribution < -0.4 is 0 Å². The summed E-state index contributed by atoms with van der Waals surface area (Å²) in [6.07, 6.45) is 30.6. The molecular formula is C88H136F8O21S2. The van der Waals surface area contributed by atoms with Crippen LogP contribution in [-0.2, 0) is 81.3 Å². The lowest BCUT2D eigenvalue weighted by Gasteiger charge is -2.43. The quantitative estimate of drug-likeness (QED) is 0.00552. The Labute approximate surface area is 708 Å². The average Bonchev–Trinajstić information content (AvgIpc) is 1.66. The molecule has 21 nitrogen and oxygen atoms in total. The highest BCUT2D eigenvalue weighted by molar-refractivity contribution is 8.01. The number of halogens is 8. The van der Waals surface area contributed by atoms with E-state index < -0.39 is 88.8 Å². The Hall–Kier alpha value is -5.70. The molecule has 5 fully saturated rings. The van der Waals surface area contributed by atoms with E-state index in [1.54, 1.807) is 6.08 Å². The second-order valence-electron chi connectivity index (χ2n) is 31.6. The largest absolute Gasteiger partial charge is 0.469 e. The minimum Gasteiger partial charge on any atom is -0.469 e. The van der Waals surface area contributed by atoms with Crippen molar-refractivity contribution in [2.24, 2.45) is 47.3 Å². The Bertz CT molecular complexity index is 3220. The van der Waals surface area contributed by atoms with Gasteiger partial charge in [-0.3, -0.25) is 43.2 Å². The Morgan fingerprint density at radius 3 is 1.45 bits per heavy atom. The topological polar surface area (TPSA) is 316 Å². The minimum absolute atomic E-state index is 0.0164. The zero-order chi connectivity index (χ0) is 89.4. The summed E-state index contributed by atoms with van der Waals surface area (Å²) in [6, 6.07) is 0. The number of carbonyl (C=O) groups is 10. The fourth-order valence-corrected chi connectivity index (χ4v) is 17.9. The van der Waals surface area contributed by atoms with Crippen molar-refractivity contribution in [3.05, 3.63) is 60.8 Å². The number of hydrogen-bond donors (Lipinski definition) is 5. The molecule has 0 aromatic rings. The van der Waals surface area contributed by atoms with Crippen molar-refractivity contribution < 1.29 is 137 Å². The third-order valence-corrected chi connectivity index (χ3v) is 25.0. The summed E-state index contributed by atoms with van der Waals surface area (Å²) in [7, 11) is 5.41. The van der Waals surface area contributed by atoms with Crippen molar-refractivity contribution in [2.45, 2.75) is 342 Å². The zero-order valence-corrected chi connectivity index (χ0v) is 73.0. The molecular weight excluding hydrogens is 1610 g/mol. The first-order valence-electron chi connectivity index (χ1n) is 42.6. The third kappa shape index (κ3) is 38.9. The van der Waals surface area contributed by atoms with E-state index in [1.165, 1.54) is 40.6 Å². The number of thioether (sulfide) groups is 1. The monoisotopic (exact) mass is 1740 g/mol. The first-order valence-corrected chi connectivity index (χ1v) is 44.0. The molecule has 2 aliphatic heterocycles. The van der Waals surface area contributed by atoms with Crippen molar-refractivity contribution >= 4 is 83.2 Å². The second-order valence-corrected chi connectivity index (χ2v) is 33.8. The summed E-state index contributed by atoms with van der Waals surface area (Å²) in [4.78, 5) is 115. The number of aliphatic hydroxyl groups is 3. The summed E-state index contributed by atoms with van der Waals surface area (Å²) >= 11 is 5.39. The summed E-state index contributed by atoms with van der Waals surface area (Å²) in [5.41, 5.74) is 0. The van der Waals surface area contributed by atoms with Crippen molar-refractivity contribution in [1.29, 1.82) is 0 Å². The number of ether oxygens (including phenoxy) is 6. The number of esters is 4. The molecule has 2 saturated heterocycles. The number of unbranched alkanes of at least 4 members (excludes halogenated alkanes) is 9. The van der Waals surface area contributed by atoms with Gasteiger partial charge in [-0.2, -0.15) is 35.4 Å². The van der Waals surface area contributed by atoms with Crippen LogP contribution >= 0.6 is 24.4 Å². The molecule has 119 heavy (non-hydrogen) atoms. The molecule has 0 aromatic carbocycles. The standard InChI is InChI=1S/C23H38F2O6.2C21H32F2O4S.C21H30F2O4.C2H4O3/c1-3-4-12-22(24,25)23(30-14-15-31-23)13-11-18-17(19(26)16-20(18)27)9-7-5-6-8-10-21(28)29-2;1-3-4-12-20(22,23)21(26)13-11-16-15(17(24)14-18(16)28-21)9-7-5-6-8-10-19(25)27-2;1-3-4-13-21(22,23)19(25)12-11-16-15(17(24)14-18(16)28)9-7-5-6-8-10-20(26)27-2;1-3-4-7-11-19(25)21(22,23)15-16-13-14-18(24)17(16)10-8-5-6-9-12-20(26)27-2;1-2(3)5-4/h5,7,17-20,26-27H,3-4,6,8-16H2,1-2H3;5,7,15-16,18,26H,3-4,6,8-14H2,1-2H3;5,7,15-16,18,28H,3-4,6,8-14H2,1-2H3;5,8,13-14,16-17H,3-4,6-7,9-12,15H2,1-2H3;4H,1H3/b3*7-5-;8-5-;/t17-,18-,19+,20?;15-,16-,18-,21?;15-,16-,18?;16-,17-;/m1111./s1. The molecule has 4 aliphatic carbocycles. The van der Waals surface area contributed by atoms with E-state index >= 15 is 0 Å². The van der Waals surface area contributed by atoms with Gasteiger partial charge in [0.2, 0.25) is 17.4 Å². The minimum atomic E-state index is -3.39. The van der Waals surface area contributed by atoms with Gasteiger partial charge in [0, 0.05) is 119 Å². The summed E-state index contributed by atoms with van der Waals surface area (Å²) in [5.74, 6) is -20.8. The molecule has 0 aromatic heterocycles. The lowest BCUT2D eigenvalue weighted by Crippen LogP contribution is -2.50. The van der Waals surface area contributed by atoms with E-state index in [4.69, 9.17) is 14.7 Å². The molecule has 0 radical (unpaired) electrons. The Balaban J connectivity index is 0.000000527. The van der Waals surface area contributed by atoms with E-state index in [9.17, 15) is 98.4 Å². The molecule has 3 unspecified atom stereocenters. The number of fused-ring (bicyclic) bond motifs is 1. The van der Waals surface area contributed by atoms with Crippen LogP contribution in [0.5, 0.6) is 0 Å². The van der Waals surface area contributed by atoms with Crippen LogP contribution in [-0.4, -0.2) is 178 Å². The van der Waals surface area contributed by atoms with Gasteiger partial charge in [0.25, 0.3) is 5.92 Å². The number of methoxy groups -OCH3 is 4. The van der Waals surface area contributed by atoms with Crippen LogP contribution in [0.4, 0.5) is 35.1 Å². The van der Waals surface area contributed by atoms with Gasteiger partial charge in [-0.25, -0.2) is 22.4 Å². The van der Waals surface area contributed by atoms with Gasteiger partial charge in [0.15, 0.2) is 10.7 Å². The number of hydrogen-bond acceptors (Lipinski definition) is 23. The number of rotatable bonds is 49. The molecule has 682 valence electrons. The van der Waals surface area contributed by atoms with Crippen LogP contribution in [0.3, 0.4) is 0 Å². The Morgan fingerprint density at radius 2 is 0.975 bits per heavy atom. The number of thiol groups is 1. The molecule has 4 N–H and O–H groups in total. The van der Waals surface area contributed by atoms with Crippen molar-refractivity contribution in [2.75, 3.05) is 41.7 Å². The van der Waals surface area contributed by atoms with Crippen molar-refractivity contribution in [3.8, 4) is 0 Å². The van der Waals surface area contributed by atoms with Gasteiger partial charge < -0.3 is 48.6 Å². The molecule has 0 bridgehead atoms. The van der Waals surface area contributed by atoms with Crippen LogP contribution in [0.15, 0.2) is 60.8 Å². The summed E-state index contributed by atoms with van der Waals surface area (Å²) < 4.78 is 144. The van der Waals surface area contributed by atoms with Crippen molar-refractivity contribution in [1.82, 2.24) is 0 Å². The predicted octanol–water partition coefficient (Wildman–Crippen LogP) is 18.7. The number of Topliss-reactive ketones (excluding diaryl/α,β-unsaturated/α-hetero) is 4. The SMILES string of the molecule is CC(=O)OO.CCCCC(F)(F)C(=O)CC[C@H]1C(S)CC(=O)[C@@H]1C/C=C\CCCC(=O)OC.CCCCC(F)(F)C1(CC[C@H]2C(O)C[C@H](O)[C@@H]2C/C=C\CCCC(=O)OC)OCCO1.CCCCC(F)(F)C1(O)CC[C@H]2[C@@H](CC(=O)[C@@H]2C/C=C\CCCC(=O)OC)S1.CCCCCC(=O)C(F)(F)C[C@H]1C=CC(=O)[C@@H]1C/C=C\CCCC(=O)OC. The lowest BCUT2D eigenvalue weighted by molar-refractivity contribution is -0.297. The molecule has 0 amide bonds. The lowest BCUT2D eigenvalue weighted by atomic mass is 9.84. The number of ketones is 5. The first kappa shape index (κ1) is 109. The molecule has 3 saturated carbocycles. The van der Waals surface area contributed by atoms with Gasteiger partial charge in [0.05, 0.1) is 53.9 Å². The molecule has 2 heterocycles. The zero-order valence-electron chi connectivity index (χ0n) is 71.3. The summed E-state index contributed by atoms with van der Waals surface area (Å²) in [6.45, 7) is 8.86.